The minimum Gasteiger partial charge on any atom is -0.321 e. The van der Waals surface area contributed by atoms with Gasteiger partial charge in [-0.1, -0.05) is 57.9 Å². The van der Waals surface area contributed by atoms with Gasteiger partial charge in [-0.25, -0.2) is 0 Å². The predicted octanol–water partition coefficient (Wildman–Crippen LogP) is 4.75. The maximum absolute atomic E-state index is 11.8. The molecule has 0 saturated carbocycles. The van der Waals surface area contributed by atoms with E-state index in [1.165, 1.54) is 6.08 Å². The first-order valence-corrected chi connectivity index (χ1v) is 6.81. The molecule has 0 fully saturated rings. The normalized spacial score (nSPS) is 10.6. The summed E-state index contributed by atoms with van der Waals surface area (Å²) in [5, 5.41) is 3.23. The molecule has 0 heterocycles. The number of carbonyl (C=O) groups excluding carboxylic acids is 1. The van der Waals surface area contributed by atoms with Crippen LogP contribution < -0.4 is 5.32 Å². The molecule has 4 heteroatoms. The second-order valence-electron chi connectivity index (χ2n) is 3.86. The smallest absolute Gasteiger partial charge is 0.248 e. The van der Waals surface area contributed by atoms with Gasteiger partial charge in [-0.05, 0) is 29.8 Å². The van der Waals surface area contributed by atoms with Crippen molar-refractivity contribution in [3.05, 3.63) is 69.7 Å². The molecule has 2 aromatic rings. The van der Waals surface area contributed by atoms with E-state index >= 15 is 0 Å². The van der Waals surface area contributed by atoms with Crippen LogP contribution in [0.25, 0.3) is 6.08 Å². The summed E-state index contributed by atoms with van der Waals surface area (Å²) >= 11 is 9.33. The van der Waals surface area contributed by atoms with Crippen molar-refractivity contribution >= 4 is 45.2 Å². The van der Waals surface area contributed by atoms with Gasteiger partial charge in [0, 0.05) is 10.5 Å². The lowest BCUT2D eigenvalue weighted by molar-refractivity contribution is -0.111. The third-order valence-electron chi connectivity index (χ3n) is 2.42. The number of nitrogens with one attached hydrogen (secondary N) is 1. The van der Waals surface area contributed by atoms with Crippen LogP contribution in [0.3, 0.4) is 0 Å². The van der Waals surface area contributed by atoms with Crippen LogP contribution >= 0.6 is 27.5 Å². The number of anilines is 1. The van der Waals surface area contributed by atoms with E-state index in [2.05, 4.69) is 21.2 Å². The number of carbonyl (C=O) groups is 1. The van der Waals surface area contributed by atoms with Gasteiger partial charge in [-0.2, -0.15) is 0 Å². The quantitative estimate of drug-likeness (QED) is 0.805. The fourth-order valence-corrected chi connectivity index (χ4v) is 2.22. The Bertz CT molecular complexity index is 611. The number of halogens is 2. The molecular weight excluding hydrogens is 326 g/mol. The highest BCUT2D eigenvalue weighted by Crippen LogP contribution is 2.25. The zero-order valence-electron chi connectivity index (χ0n) is 9.94. The minimum absolute atomic E-state index is 0.215. The number of hydrogen-bond donors (Lipinski definition) is 1. The molecule has 0 saturated heterocycles. The Balaban J connectivity index is 2.04. The van der Waals surface area contributed by atoms with Crippen LogP contribution in [0.15, 0.2) is 59.1 Å². The predicted molar refractivity (Wildman–Crippen MR) is 83.3 cm³/mol. The van der Waals surface area contributed by atoms with Gasteiger partial charge >= 0.3 is 0 Å². The van der Waals surface area contributed by atoms with Gasteiger partial charge in [0.1, 0.15) is 0 Å². The maximum Gasteiger partial charge on any atom is 0.248 e. The molecule has 0 aromatic heterocycles. The third kappa shape index (κ3) is 4.23. The molecular formula is C15H11BrClNO. The molecule has 0 spiro atoms. The Hall–Kier alpha value is -1.58. The summed E-state index contributed by atoms with van der Waals surface area (Å²) in [6.45, 7) is 0. The molecule has 0 radical (unpaired) electrons. The summed E-state index contributed by atoms with van der Waals surface area (Å²) in [5.74, 6) is -0.215. The molecule has 0 aliphatic carbocycles. The van der Waals surface area contributed by atoms with E-state index < -0.39 is 0 Å². The summed E-state index contributed by atoms with van der Waals surface area (Å²) in [6.07, 6.45) is 3.23. The first kappa shape index (κ1) is 13.8. The van der Waals surface area contributed by atoms with Gasteiger partial charge in [0.2, 0.25) is 5.91 Å². The van der Waals surface area contributed by atoms with Crippen molar-refractivity contribution in [2.24, 2.45) is 0 Å². The topological polar surface area (TPSA) is 29.1 Å². The van der Waals surface area contributed by atoms with Gasteiger partial charge in [-0.15, -0.1) is 0 Å². The summed E-state index contributed by atoms with van der Waals surface area (Å²) in [7, 11) is 0. The highest BCUT2D eigenvalue weighted by atomic mass is 79.9. The molecule has 19 heavy (non-hydrogen) atoms. The van der Waals surface area contributed by atoms with E-state index in [9.17, 15) is 4.79 Å². The highest BCUT2D eigenvalue weighted by molar-refractivity contribution is 9.10. The number of hydrogen-bond acceptors (Lipinski definition) is 1. The lowest BCUT2D eigenvalue weighted by atomic mass is 10.2. The van der Waals surface area contributed by atoms with Crippen molar-refractivity contribution in [2.75, 3.05) is 5.32 Å². The molecule has 0 atom stereocenters. The van der Waals surface area contributed by atoms with E-state index in [0.29, 0.717) is 10.7 Å². The van der Waals surface area contributed by atoms with Crippen molar-refractivity contribution in [1.82, 2.24) is 0 Å². The molecule has 1 amide bonds. The molecule has 0 bridgehead atoms. The lowest BCUT2D eigenvalue weighted by Crippen LogP contribution is -2.08. The van der Waals surface area contributed by atoms with Crippen molar-refractivity contribution in [3.63, 3.8) is 0 Å². The Morgan fingerprint density at radius 1 is 1.16 bits per heavy atom. The van der Waals surface area contributed by atoms with Crippen LogP contribution in [-0.2, 0) is 4.79 Å². The van der Waals surface area contributed by atoms with E-state index in [1.54, 1.807) is 18.2 Å². The Morgan fingerprint density at radius 2 is 1.89 bits per heavy atom. The molecule has 0 aliphatic rings. The molecule has 96 valence electrons. The van der Waals surface area contributed by atoms with Crippen LogP contribution in [0.5, 0.6) is 0 Å². The Kier molecular flexibility index (Phi) is 4.77. The van der Waals surface area contributed by atoms with Crippen molar-refractivity contribution in [1.29, 1.82) is 0 Å². The summed E-state index contributed by atoms with van der Waals surface area (Å²) in [4.78, 5) is 11.8. The molecule has 2 aromatic carbocycles. The van der Waals surface area contributed by atoms with Crippen LogP contribution in [0.1, 0.15) is 5.56 Å². The molecule has 0 aliphatic heterocycles. The van der Waals surface area contributed by atoms with Crippen LogP contribution in [0, 0.1) is 0 Å². The van der Waals surface area contributed by atoms with Gasteiger partial charge in [0.05, 0.1) is 10.7 Å². The molecule has 2 rings (SSSR count). The van der Waals surface area contributed by atoms with Gasteiger partial charge in [-0.3, -0.25) is 4.79 Å². The van der Waals surface area contributed by atoms with E-state index in [4.69, 9.17) is 11.6 Å². The van der Waals surface area contributed by atoms with Gasteiger partial charge in [0.25, 0.3) is 0 Å². The largest absolute Gasteiger partial charge is 0.321 e. The van der Waals surface area contributed by atoms with Crippen molar-refractivity contribution in [3.8, 4) is 0 Å². The van der Waals surface area contributed by atoms with Crippen molar-refractivity contribution < 1.29 is 4.79 Å². The van der Waals surface area contributed by atoms with Crippen LogP contribution in [0.4, 0.5) is 5.69 Å². The van der Waals surface area contributed by atoms with Gasteiger partial charge < -0.3 is 5.32 Å². The molecule has 0 unspecified atom stereocenters. The second kappa shape index (κ2) is 6.55. The first-order chi connectivity index (χ1) is 9.15. The SMILES string of the molecule is O=C(/C=C/c1ccccc1)Nc1ccc(Br)cc1Cl. The standard InChI is InChI=1S/C15H11BrClNO/c16-12-7-8-14(13(17)10-12)18-15(19)9-6-11-4-2-1-3-5-11/h1-10H,(H,18,19)/b9-6+. The highest BCUT2D eigenvalue weighted by Gasteiger charge is 2.03. The summed E-state index contributed by atoms with van der Waals surface area (Å²) in [5.41, 5.74) is 1.56. The molecule has 2 nitrogen and oxygen atoms in total. The average molecular weight is 337 g/mol. The minimum atomic E-state index is -0.215. The monoisotopic (exact) mass is 335 g/mol. The molecule has 1 N–H and O–H groups in total. The van der Waals surface area contributed by atoms with Crippen LogP contribution in [0.2, 0.25) is 5.02 Å². The van der Waals surface area contributed by atoms with Crippen molar-refractivity contribution in [2.45, 2.75) is 0 Å². The third-order valence-corrected chi connectivity index (χ3v) is 3.22. The first-order valence-electron chi connectivity index (χ1n) is 5.64. The lowest BCUT2D eigenvalue weighted by Gasteiger charge is -2.04. The van der Waals surface area contributed by atoms with E-state index in [-0.39, 0.29) is 5.91 Å². The second-order valence-corrected chi connectivity index (χ2v) is 5.18. The Morgan fingerprint density at radius 3 is 2.58 bits per heavy atom. The Labute approximate surface area is 125 Å². The van der Waals surface area contributed by atoms with Gasteiger partial charge in [0.15, 0.2) is 0 Å². The number of rotatable bonds is 3. The van der Waals surface area contributed by atoms with E-state index in [1.807, 2.05) is 36.4 Å². The van der Waals surface area contributed by atoms with E-state index in [0.717, 1.165) is 10.0 Å². The van der Waals surface area contributed by atoms with Crippen LogP contribution in [-0.4, -0.2) is 5.91 Å². The average Bonchev–Trinajstić information content (AvgIpc) is 2.41. The number of benzene rings is 2. The summed E-state index contributed by atoms with van der Waals surface area (Å²) in [6, 6.07) is 14.9. The fourth-order valence-electron chi connectivity index (χ4n) is 1.50. The summed E-state index contributed by atoms with van der Waals surface area (Å²) < 4.78 is 0.871. The number of amides is 1. The fraction of sp³-hybridized carbons (Fsp3) is 0. The zero-order valence-corrected chi connectivity index (χ0v) is 12.3. The zero-order chi connectivity index (χ0) is 13.7. The maximum atomic E-state index is 11.8.